The zero-order chi connectivity index (χ0) is 18.5. The van der Waals surface area contributed by atoms with Gasteiger partial charge in [0, 0.05) is 12.7 Å². The first-order chi connectivity index (χ1) is 12.6. The van der Waals surface area contributed by atoms with Crippen molar-refractivity contribution in [1.29, 1.82) is 0 Å². The summed E-state index contributed by atoms with van der Waals surface area (Å²) < 4.78 is 16.3. The van der Waals surface area contributed by atoms with Gasteiger partial charge in [-0.15, -0.1) is 11.8 Å². The Bertz CT molecular complexity index is 744. The number of benzene rings is 1. The van der Waals surface area contributed by atoms with Gasteiger partial charge in [0.2, 0.25) is 5.91 Å². The molecule has 1 aromatic heterocycles. The predicted octanol–water partition coefficient (Wildman–Crippen LogP) is 3.17. The van der Waals surface area contributed by atoms with Crippen molar-refractivity contribution in [2.24, 2.45) is 0 Å². The summed E-state index contributed by atoms with van der Waals surface area (Å²) in [5, 5.41) is -0.302. The molecule has 1 saturated heterocycles. The average Bonchev–Trinajstić information content (AvgIpc) is 3.29. The Labute approximate surface area is 156 Å². The number of amides is 1. The Morgan fingerprint density at radius 2 is 2.00 bits per heavy atom. The second-order valence-electron chi connectivity index (χ2n) is 5.97. The van der Waals surface area contributed by atoms with Crippen LogP contribution in [0.5, 0.6) is 5.75 Å². The molecule has 1 aliphatic rings. The Kier molecular flexibility index (Phi) is 5.88. The average molecular weight is 375 g/mol. The molecule has 1 aliphatic heterocycles. The lowest BCUT2D eigenvalue weighted by atomic mass is 10.2. The fourth-order valence-electron chi connectivity index (χ4n) is 2.76. The summed E-state index contributed by atoms with van der Waals surface area (Å²) in [6.45, 7) is 3.84. The van der Waals surface area contributed by atoms with Crippen LogP contribution in [0.25, 0.3) is 0 Å². The van der Waals surface area contributed by atoms with Crippen molar-refractivity contribution in [2.75, 3.05) is 19.0 Å². The Hall–Kier alpha value is -2.41. The monoisotopic (exact) mass is 375 g/mol. The molecule has 1 fully saturated rings. The standard InChI is InChI=1S/C19H21NO5S/c1-13-5-7-15(8-6-13)23-10-11-25-19(22)16-12-26-18(20(16)14(2)21)17-4-3-9-24-17/h3-9,16,18H,10-12H2,1-2H3/t16-,18+/m0/s1. The molecule has 0 spiro atoms. The molecule has 2 atom stereocenters. The summed E-state index contributed by atoms with van der Waals surface area (Å²) in [6.07, 6.45) is 1.56. The van der Waals surface area contributed by atoms with E-state index in [9.17, 15) is 9.59 Å². The number of ether oxygens (including phenoxy) is 2. The van der Waals surface area contributed by atoms with Gasteiger partial charge >= 0.3 is 5.97 Å². The smallest absolute Gasteiger partial charge is 0.329 e. The van der Waals surface area contributed by atoms with Gasteiger partial charge in [0.15, 0.2) is 0 Å². The van der Waals surface area contributed by atoms with Crippen LogP contribution in [0.1, 0.15) is 23.6 Å². The fourth-order valence-corrected chi connectivity index (χ4v) is 4.17. The van der Waals surface area contributed by atoms with Crippen LogP contribution in [0, 0.1) is 6.92 Å². The first-order valence-corrected chi connectivity index (χ1v) is 9.41. The van der Waals surface area contributed by atoms with Crippen LogP contribution >= 0.6 is 11.8 Å². The molecular weight excluding hydrogens is 354 g/mol. The number of rotatable bonds is 6. The minimum atomic E-state index is -0.619. The Balaban J connectivity index is 1.52. The second kappa shape index (κ2) is 8.31. The Morgan fingerprint density at radius 1 is 1.23 bits per heavy atom. The van der Waals surface area contributed by atoms with Gasteiger partial charge in [0.25, 0.3) is 0 Å². The van der Waals surface area contributed by atoms with Gasteiger partial charge in [-0.3, -0.25) is 4.79 Å². The van der Waals surface area contributed by atoms with E-state index in [-0.39, 0.29) is 24.5 Å². The third kappa shape index (κ3) is 4.22. The SMILES string of the molecule is CC(=O)N1[C@@H](c2ccco2)SC[C@H]1C(=O)OCCOc1ccc(C)cc1. The van der Waals surface area contributed by atoms with E-state index in [1.54, 1.807) is 18.4 Å². The van der Waals surface area contributed by atoms with Gasteiger partial charge < -0.3 is 18.8 Å². The molecule has 138 valence electrons. The Morgan fingerprint density at radius 3 is 2.65 bits per heavy atom. The van der Waals surface area contributed by atoms with Crippen molar-refractivity contribution in [1.82, 2.24) is 4.90 Å². The maximum atomic E-state index is 12.4. The molecule has 6 nitrogen and oxygen atoms in total. The van der Waals surface area contributed by atoms with Crippen molar-refractivity contribution >= 4 is 23.6 Å². The maximum absolute atomic E-state index is 12.4. The van der Waals surface area contributed by atoms with E-state index < -0.39 is 12.0 Å². The van der Waals surface area contributed by atoms with Gasteiger partial charge in [-0.25, -0.2) is 4.79 Å². The second-order valence-corrected chi connectivity index (χ2v) is 7.09. The molecule has 3 rings (SSSR count). The topological polar surface area (TPSA) is 69.0 Å². The lowest BCUT2D eigenvalue weighted by molar-refractivity contribution is -0.154. The van der Waals surface area contributed by atoms with Crippen molar-refractivity contribution < 1.29 is 23.5 Å². The number of esters is 1. The molecule has 26 heavy (non-hydrogen) atoms. The van der Waals surface area contributed by atoms with E-state index in [1.807, 2.05) is 31.2 Å². The lowest BCUT2D eigenvalue weighted by Gasteiger charge is -2.25. The van der Waals surface area contributed by atoms with Crippen molar-refractivity contribution in [3.63, 3.8) is 0 Å². The molecule has 2 aromatic rings. The third-order valence-corrected chi connectivity index (χ3v) is 5.32. The molecule has 0 aliphatic carbocycles. The normalized spacial score (nSPS) is 19.4. The van der Waals surface area contributed by atoms with Crippen LogP contribution in [0.3, 0.4) is 0 Å². The highest BCUT2D eigenvalue weighted by Crippen LogP contribution is 2.41. The zero-order valence-electron chi connectivity index (χ0n) is 14.7. The summed E-state index contributed by atoms with van der Waals surface area (Å²) in [6, 6.07) is 10.6. The molecule has 0 N–H and O–H groups in total. The zero-order valence-corrected chi connectivity index (χ0v) is 15.5. The molecule has 1 aromatic carbocycles. The predicted molar refractivity (Wildman–Crippen MR) is 97.8 cm³/mol. The van der Waals surface area contributed by atoms with Crippen LogP contribution in [-0.4, -0.2) is 41.8 Å². The highest BCUT2D eigenvalue weighted by Gasteiger charge is 2.43. The van der Waals surface area contributed by atoms with Gasteiger partial charge in [-0.1, -0.05) is 17.7 Å². The van der Waals surface area contributed by atoms with E-state index in [2.05, 4.69) is 0 Å². The number of hydrogen-bond acceptors (Lipinski definition) is 6. The number of thioether (sulfide) groups is 1. The van der Waals surface area contributed by atoms with Crippen molar-refractivity contribution in [3.8, 4) is 5.75 Å². The third-order valence-electron chi connectivity index (χ3n) is 4.04. The minimum Gasteiger partial charge on any atom is -0.490 e. The lowest BCUT2D eigenvalue weighted by Crippen LogP contribution is -2.43. The van der Waals surface area contributed by atoms with Crippen LogP contribution in [-0.2, 0) is 14.3 Å². The molecule has 0 unspecified atom stereocenters. The van der Waals surface area contributed by atoms with Gasteiger partial charge in [0.1, 0.15) is 36.1 Å². The fraction of sp³-hybridized carbons (Fsp3) is 0.368. The first kappa shape index (κ1) is 18.4. The summed E-state index contributed by atoms with van der Waals surface area (Å²) in [5.74, 6) is 1.25. The van der Waals surface area contributed by atoms with Crippen LogP contribution in [0.2, 0.25) is 0 Å². The number of carbonyl (C=O) groups is 2. The molecule has 0 saturated carbocycles. The molecule has 0 bridgehead atoms. The number of aryl methyl sites for hydroxylation is 1. The van der Waals surface area contributed by atoms with Gasteiger partial charge in [0.05, 0.1) is 6.26 Å². The number of furan rings is 1. The van der Waals surface area contributed by atoms with Crippen molar-refractivity contribution in [2.45, 2.75) is 25.3 Å². The summed E-state index contributed by atoms with van der Waals surface area (Å²) >= 11 is 1.49. The summed E-state index contributed by atoms with van der Waals surface area (Å²) in [7, 11) is 0. The first-order valence-electron chi connectivity index (χ1n) is 8.36. The van der Waals surface area contributed by atoms with Crippen LogP contribution < -0.4 is 4.74 Å². The van der Waals surface area contributed by atoms with E-state index in [4.69, 9.17) is 13.9 Å². The van der Waals surface area contributed by atoms with Crippen molar-refractivity contribution in [3.05, 3.63) is 54.0 Å². The van der Waals surface area contributed by atoms with E-state index in [0.717, 1.165) is 11.3 Å². The number of hydrogen-bond donors (Lipinski definition) is 0. The van der Waals surface area contributed by atoms with Gasteiger partial charge in [-0.05, 0) is 31.2 Å². The maximum Gasteiger partial charge on any atom is 0.329 e. The molecule has 0 radical (unpaired) electrons. The van der Waals surface area contributed by atoms with Crippen LogP contribution in [0.4, 0.5) is 0 Å². The van der Waals surface area contributed by atoms with E-state index in [1.165, 1.54) is 23.6 Å². The number of nitrogens with zero attached hydrogens (tertiary/aromatic N) is 1. The molecular formula is C19H21NO5S. The minimum absolute atomic E-state index is 0.130. The van der Waals surface area contributed by atoms with E-state index in [0.29, 0.717) is 11.5 Å². The largest absolute Gasteiger partial charge is 0.490 e. The quantitative estimate of drug-likeness (QED) is 0.571. The highest BCUT2D eigenvalue weighted by atomic mass is 32.2. The number of carbonyl (C=O) groups excluding carboxylic acids is 2. The van der Waals surface area contributed by atoms with Gasteiger partial charge in [-0.2, -0.15) is 0 Å². The summed E-state index contributed by atoms with van der Waals surface area (Å²) in [4.78, 5) is 26.0. The highest BCUT2D eigenvalue weighted by molar-refractivity contribution is 7.99. The molecule has 1 amide bonds. The molecule has 7 heteroatoms. The van der Waals surface area contributed by atoms with E-state index >= 15 is 0 Å². The van der Waals surface area contributed by atoms with Crippen LogP contribution in [0.15, 0.2) is 47.1 Å². The summed E-state index contributed by atoms with van der Waals surface area (Å²) in [5.41, 5.74) is 1.15. The molecule has 2 heterocycles.